The van der Waals surface area contributed by atoms with E-state index in [1.54, 1.807) is 0 Å². The number of thiol groups is 1. The van der Waals surface area contributed by atoms with Gasteiger partial charge in [-0.2, -0.15) is 12.6 Å². The standard InChI is InChI=1S/C7H13NO2S/c9-7(10)6-3-5(4-11)1-2-8-6/h5-6,8,11H,1-4H2,(H,9,10). The third kappa shape index (κ3) is 2.38. The summed E-state index contributed by atoms with van der Waals surface area (Å²) in [7, 11) is 0. The Morgan fingerprint density at radius 1 is 1.73 bits per heavy atom. The first-order valence-corrected chi connectivity index (χ1v) is 4.44. The van der Waals surface area contributed by atoms with Gasteiger partial charge in [-0.25, -0.2) is 0 Å². The van der Waals surface area contributed by atoms with E-state index < -0.39 is 5.97 Å². The van der Waals surface area contributed by atoms with Crippen molar-refractivity contribution in [2.45, 2.75) is 18.9 Å². The van der Waals surface area contributed by atoms with E-state index in [0.717, 1.165) is 25.1 Å². The van der Waals surface area contributed by atoms with Gasteiger partial charge in [-0.3, -0.25) is 4.79 Å². The summed E-state index contributed by atoms with van der Waals surface area (Å²) in [6.07, 6.45) is 1.77. The summed E-state index contributed by atoms with van der Waals surface area (Å²) < 4.78 is 0. The molecule has 0 aromatic heterocycles. The Kier molecular flexibility index (Phi) is 3.20. The highest BCUT2D eigenvalue weighted by Crippen LogP contribution is 2.17. The van der Waals surface area contributed by atoms with Crippen molar-refractivity contribution in [3.8, 4) is 0 Å². The van der Waals surface area contributed by atoms with E-state index in [1.165, 1.54) is 0 Å². The lowest BCUT2D eigenvalue weighted by Gasteiger charge is -2.26. The number of carboxylic acids is 1. The van der Waals surface area contributed by atoms with Crippen LogP contribution in [0.3, 0.4) is 0 Å². The Bertz CT molecular complexity index is 151. The molecule has 1 fully saturated rings. The Morgan fingerprint density at radius 3 is 3.00 bits per heavy atom. The molecule has 64 valence electrons. The van der Waals surface area contributed by atoms with Gasteiger partial charge in [-0.1, -0.05) is 0 Å². The monoisotopic (exact) mass is 175 g/mol. The lowest BCUT2D eigenvalue weighted by atomic mass is 9.94. The summed E-state index contributed by atoms with van der Waals surface area (Å²) >= 11 is 4.15. The molecule has 0 bridgehead atoms. The third-order valence-electron chi connectivity index (χ3n) is 2.07. The van der Waals surface area contributed by atoms with Gasteiger partial charge in [-0.15, -0.1) is 0 Å². The minimum Gasteiger partial charge on any atom is -0.480 e. The molecule has 1 aliphatic rings. The van der Waals surface area contributed by atoms with Crippen molar-refractivity contribution in [1.29, 1.82) is 0 Å². The van der Waals surface area contributed by atoms with Gasteiger partial charge >= 0.3 is 5.97 Å². The first kappa shape index (κ1) is 8.87. The predicted molar refractivity (Wildman–Crippen MR) is 46.0 cm³/mol. The highest BCUT2D eigenvalue weighted by Gasteiger charge is 2.25. The van der Waals surface area contributed by atoms with Gasteiger partial charge < -0.3 is 10.4 Å². The second kappa shape index (κ2) is 3.97. The minimum atomic E-state index is -0.739. The van der Waals surface area contributed by atoms with E-state index >= 15 is 0 Å². The first-order valence-electron chi connectivity index (χ1n) is 3.81. The van der Waals surface area contributed by atoms with Crippen LogP contribution in [0.15, 0.2) is 0 Å². The van der Waals surface area contributed by atoms with Gasteiger partial charge in [-0.05, 0) is 31.1 Å². The fourth-order valence-corrected chi connectivity index (χ4v) is 1.68. The van der Waals surface area contributed by atoms with Crippen LogP contribution in [0.4, 0.5) is 0 Å². The number of nitrogens with one attached hydrogen (secondary N) is 1. The topological polar surface area (TPSA) is 49.3 Å². The summed E-state index contributed by atoms with van der Waals surface area (Å²) in [5.41, 5.74) is 0. The van der Waals surface area contributed by atoms with Gasteiger partial charge in [0.25, 0.3) is 0 Å². The van der Waals surface area contributed by atoms with Crippen molar-refractivity contribution < 1.29 is 9.90 Å². The molecule has 0 amide bonds. The van der Waals surface area contributed by atoms with Crippen molar-refractivity contribution in [2.24, 2.45) is 5.92 Å². The van der Waals surface area contributed by atoms with Crippen LogP contribution < -0.4 is 5.32 Å². The molecule has 0 saturated carbocycles. The van der Waals surface area contributed by atoms with Crippen molar-refractivity contribution >= 4 is 18.6 Å². The molecule has 0 aromatic rings. The maximum atomic E-state index is 10.5. The molecule has 0 aromatic carbocycles. The number of hydrogen-bond acceptors (Lipinski definition) is 3. The summed E-state index contributed by atoms with van der Waals surface area (Å²) in [5, 5.41) is 11.6. The van der Waals surface area contributed by atoms with Crippen LogP contribution in [-0.2, 0) is 4.79 Å². The maximum Gasteiger partial charge on any atom is 0.320 e. The Hall–Kier alpha value is -0.220. The normalized spacial score (nSPS) is 31.7. The highest BCUT2D eigenvalue weighted by molar-refractivity contribution is 7.80. The zero-order chi connectivity index (χ0) is 8.27. The van der Waals surface area contributed by atoms with Crippen molar-refractivity contribution in [1.82, 2.24) is 5.32 Å². The van der Waals surface area contributed by atoms with Crippen LogP contribution in [-0.4, -0.2) is 29.4 Å². The van der Waals surface area contributed by atoms with E-state index in [2.05, 4.69) is 17.9 Å². The molecule has 0 radical (unpaired) electrons. The lowest BCUT2D eigenvalue weighted by molar-refractivity contribution is -0.140. The smallest absolute Gasteiger partial charge is 0.320 e. The minimum absolute atomic E-state index is 0.346. The molecule has 2 atom stereocenters. The number of aliphatic carboxylic acids is 1. The molecular weight excluding hydrogens is 162 g/mol. The van der Waals surface area contributed by atoms with Crippen LogP contribution in [0.5, 0.6) is 0 Å². The molecule has 2 unspecified atom stereocenters. The summed E-state index contributed by atoms with van der Waals surface area (Å²) in [5.74, 6) is 0.531. The molecule has 11 heavy (non-hydrogen) atoms. The molecular formula is C7H13NO2S. The largest absolute Gasteiger partial charge is 0.480 e. The van der Waals surface area contributed by atoms with Gasteiger partial charge in [0.2, 0.25) is 0 Å². The maximum absolute atomic E-state index is 10.5. The van der Waals surface area contributed by atoms with E-state index in [4.69, 9.17) is 5.11 Å². The quantitative estimate of drug-likeness (QED) is 0.531. The highest BCUT2D eigenvalue weighted by atomic mass is 32.1. The van der Waals surface area contributed by atoms with E-state index in [1.807, 2.05) is 0 Å². The van der Waals surface area contributed by atoms with E-state index in [-0.39, 0.29) is 6.04 Å². The van der Waals surface area contributed by atoms with Crippen molar-refractivity contribution in [3.63, 3.8) is 0 Å². The average Bonchev–Trinajstić information content (AvgIpc) is 2.05. The second-order valence-electron chi connectivity index (χ2n) is 2.92. The van der Waals surface area contributed by atoms with Crippen LogP contribution in [0.1, 0.15) is 12.8 Å². The molecule has 4 heteroatoms. The van der Waals surface area contributed by atoms with E-state index in [0.29, 0.717) is 5.92 Å². The SMILES string of the molecule is O=C(O)C1CC(CS)CCN1. The molecule has 1 aliphatic heterocycles. The molecule has 2 N–H and O–H groups in total. The van der Waals surface area contributed by atoms with Gasteiger partial charge in [0.05, 0.1) is 0 Å². The molecule has 0 spiro atoms. The van der Waals surface area contributed by atoms with Crippen LogP contribution in [0, 0.1) is 5.92 Å². The van der Waals surface area contributed by atoms with Crippen LogP contribution >= 0.6 is 12.6 Å². The average molecular weight is 175 g/mol. The number of rotatable bonds is 2. The molecule has 0 aliphatic carbocycles. The fraction of sp³-hybridized carbons (Fsp3) is 0.857. The summed E-state index contributed by atoms with van der Waals surface area (Å²) in [6.45, 7) is 0.808. The van der Waals surface area contributed by atoms with Crippen LogP contribution in [0.2, 0.25) is 0 Å². The third-order valence-corrected chi connectivity index (χ3v) is 2.59. The van der Waals surface area contributed by atoms with Crippen molar-refractivity contribution in [2.75, 3.05) is 12.3 Å². The second-order valence-corrected chi connectivity index (χ2v) is 3.28. The Morgan fingerprint density at radius 2 is 2.45 bits per heavy atom. The lowest BCUT2D eigenvalue weighted by Crippen LogP contribution is -2.43. The first-order chi connectivity index (χ1) is 5.24. The number of carbonyl (C=O) groups is 1. The Balaban J connectivity index is 2.39. The fourth-order valence-electron chi connectivity index (χ4n) is 1.35. The summed E-state index contributed by atoms with van der Waals surface area (Å²) in [6, 6.07) is -0.346. The molecule has 3 nitrogen and oxygen atoms in total. The number of piperidine rings is 1. The van der Waals surface area contributed by atoms with Gasteiger partial charge in [0, 0.05) is 0 Å². The van der Waals surface area contributed by atoms with Gasteiger partial charge in [0.1, 0.15) is 6.04 Å². The summed E-state index contributed by atoms with van der Waals surface area (Å²) in [4.78, 5) is 10.5. The predicted octanol–water partition coefficient (Wildman–Crippen LogP) is 0.369. The number of carboxylic acid groups (broad SMARTS) is 1. The number of hydrogen-bond donors (Lipinski definition) is 3. The van der Waals surface area contributed by atoms with Crippen molar-refractivity contribution in [3.05, 3.63) is 0 Å². The molecule has 1 heterocycles. The van der Waals surface area contributed by atoms with Crippen LogP contribution in [0.25, 0.3) is 0 Å². The van der Waals surface area contributed by atoms with E-state index in [9.17, 15) is 4.79 Å². The zero-order valence-corrected chi connectivity index (χ0v) is 7.18. The zero-order valence-electron chi connectivity index (χ0n) is 6.29. The Labute approximate surface area is 71.6 Å². The molecule has 1 saturated heterocycles. The molecule has 1 rings (SSSR count). The van der Waals surface area contributed by atoms with Gasteiger partial charge in [0.15, 0.2) is 0 Å².